The number of hydrogen-bond acceptors (Lipinski definition) is 0. The van der Waals surface area contributed by atoms with Gasteiger partial charge < -0.3 is 0 Å². The second kappa shape index (κ2) is 2.25. The van der Waals surface area contributed by atoms with Crippen LogP contribution in [0.3, 0.4) is 0 Å². The van der Waals surface area contributed by atoms with Crippen LogP contribution in [0.2, 0.25) is 0 Å². The maximum atomic E-state index is 11.9. The molecule has 0 amide bonds. The Hall–Kier alpha value is -0.490. The summed E-state index contributed by atoms with van der Waals surface area (Å²) >= 11 is 0. The highest BCUT2D eigenvalue weighted by Gasteiger charge is 2.69. The SMILES string of the molecule is CC(F)(C(F)(F)F)C(F)(F)F. The number of hydrogen-bond donors (Lipinski definition) is 0. The smallest absolute Gasteiger partial charge is 0.224 e. The minimum atomic E-state index is -5.91. The van der Waals surface area contributed by atoms with E-state index in [-0.39, 0.29) is 0 Å². The van der Waals surface area contributed by atoms with E-state index in [1.165, 1.54) is 0 Å². The van der Waals surface area contributed by atoms with Crippen molar-refractivity contribution >= 4 is 0 Å². The van der Waals surface area contributed by atoms with E-state index >= 15 is 0 Å². The van der Waals surface area contributed by atoms with Crippen molar-refractivity contribution in [1.82, 2.24) is 0 Å². The lowest BCUT2D eigenvalue weighted by molar-refractivity contribution is -0.334. The Morgan fingerprint density at radius 1 is 0.636 bits per heavy atom. The summed E-state index contributed by atoms with van der Waals surface area (Å²) in [7, 11) is 0. The monoisotopic (exact) mass is 184 g/mol. The summed E-state index contributed by atoms with van der Waals surface area (Å²) in [5.74, 6) is 0. The van der Waals surface area contributed by atoms with Crippen LogP contribution in [-0.2, 0) is 0 Å². The molecule has 0 N–H and O–H groups in total. The van der Waals surface area contributed by atoms with Crippen molar-refractivity contribution in [1.29, 1.82) is 0 Å². The summed E-state index contributed by atoms with van der Waals surface area (Å²) < 4.78 is 79.3. The Bertz CT molecular complexity index is 122. The van der Waals surface area contributed by atoms with E-state index in [0.29, 0.717) is 0 Å². The van der Waals surface area contributed by atoms with Crippen LogP contribution in [0.25, 0.3) is 0 Å². The molecule has 0 nitrogen and oxygen atoms in total. The minimum absolute atomic E-state index is 0.562. The molecule has 0 aromatic carbocycles. The standard InChI is InChI=1S/C4H3F7/c1-2(5,3(6,7)8)4(9,10)11/h1H3. The molecule has 0 rings (SSSR count). The first-order chi connectivity index (χ1) is 4.50. The van der Waals surface area contributed by atoms with Crippen molar-refractivity contribution < 1.29 is 30.7 Å². The maximum Gasteiger partial charge on any atom is 0.431 e. The molecule has 7 heteroatoms. The Kier molecular flexibility index (Phi) is 2.15. The molecule has 0 radical (unpaired) electrons. The van der Waals surface area contributed by atoms with Gasteiger partial charge in [0.15, 0.2) is 0 Å². The van der Waals surface area contributed by atoms with E-state index in [1.54, 1.807) is 0 Å². The fourth-order valence-corrected chi connectivity index (χ4v) is 0.161. The van der Waals surface area contributed by atoms with E-state index in [1.807, 2.05) is 0 Å². The van der Waals surface area contributed by atoms with Crippen LogP contribution in [-0.4, -0.2) is 18.0 Å². The first-order valence-electron chi connectivity index (χ1n) is 2.32. The lowest BCUT2D eigenvalue weighted by Crippen LogP contribution is -2.50. The highest BCUT2D eigenvalue weighted by molar-refractivity contribution is 4.89. The third-order valence-corrected chi connectivity index (χ3v) is 1.06. The van der Waals surface area contributed by atoms with Gasteiger partial charge in [-0.3, -0.25) is 0 Å². The molecule has 0 heterocycles. The van der Waals surface area contributed by atoms with Gasteiger partial charge in [-0.2, -0.15) is 26.3 Å². The van der Waals surface area contributed by atoms with E-state index < -0.39 is 24.9 Å². The third-order valence-electron chi connectivity index (χ3n) is 1.06. The lowest BCUT2D eigenvalue weighted by atomic mass is 10.1. The molecule has 0 fully saturated rings. The molecular formula is C4H3F7. The van der Waals surface area contributed by atoms with Gasteiger partial charge in [-0.1, -0.05) is 0 Å². The summed E-state index contributed by atoms with van der Waals surface area (Å²) in [6.07, 6.45) is -11.8. The molecule has 0 spiro atoms. The number of halogens is 7. The molecule has 0 aliphatic heterocycles. The van der Waals surface area contributed by atoms with Crippen LogP contribution in [0.1, 0.15) is 6.92 Å². The van der Waals surface area contributed by atoms with Crippen LogP contribution in [0.5, 0.6) is 0 Å². The zero-order chi connectivity index (χ0) is 9.50. The Morgan fingerprint density at radius 2 is 0.818 bits per heavy atom. The molecule has 11 heavy (non-hydrogen) atoms. The van der Waals surface area contributed by atoms with Gasteiger partial charge in [-0.25, -0.2) is 4.39 Å². The molecule has 0 unspecified atom stereocenters. The second-order valence-corrected chi connectivity index (χ2v) is 2.00. The Morgan fingerprint density at radius 3 is 0.818 bits per heavy atom. The van der Waals surface area contributed by atoms with Crippen molar-refractivity contribution in [2.45, 2.75) is 24.9 Å². The molecule has 0 saturated carbocycles. The van der Waals surface area contributed by atoms with Crippen LogP contribution in [0, 0.1) is 0 Å². The predicted octanol–water partition coefficient (Wildman–Crippen LogP) is 2.84. The van der Waals surface area contributed by atoms with Crippen molar-refractivity contribution in [3.63, 3.8) is 0 Å². The summed E-state index contributed by atoms with van der Waals surface area (Å²) in [4.78, 5) is 0. The quantitative estimate of drug-likeness (QED) is 0.507. The average molecular weight is 184 g/mol. The number of alkyl halides is 7. The summed E-state index contributed by atoms with van der Waals surface area (Å²) in [5, 5.41) is 0. The molecule has 0 bridgehead atoms. The molecule has 0 aromatic rings. The second-order valence-electron chi connectivity index (χ2n) is 2.00. The van der Waals surface area contributed by atoms with E-state index in [2.05, 4.69) is 0 Å². The van der Waals surface area contributed by atoms with Crippen molar-refractivity contribution in [2.24, 2.45) is 0 Å². The van der Waals surface area contributed by atoms with Gasteiger partial charge in [0.05, 0.1) is 0 Å². The number of rotatable bonds is 0. The average Bonchev–Trinajstić information content (AvgIpc) is 1.58. The van der Waals surface area contributed by atoms with E-state index in [4.69, 9.17) is 0 Å². The molecule has 0 aliphatic carbocycles. The first-order valence-corrected chi connectivity index (χ1v) is 2.32. The van der Waals surface area contributed by atoms with Gasteiger partial charge in [0, 0.05) is 0 Å². The maximum absolute atomic E-state index is 11.9. The highest BCUT2D eigenvalue weighted by Crippen LogP contribution is 2.45. The summed E-state index contributed by atoms with van der Waals surface area (Å²) in [5.41, 5.74) is -5.12. The van der Waals surface area contributed by atoms with E-state index in [9.17, 15) is 30.7 Å². The van der Waals surface area contributed by atoms with Crippen LogP contribution < -0.4 is 0 Å². The van der Waals surface area contributed by atoms with Crippen molar-refractivity contribution in [3.05, 3.63) is 0 Å². The molecule has 0 aromatic heterocycles. The summed E-state index contributed by atoms with van der Waals surface area (Å²) in [6, 6.07) is 0. The third kappa shape index (κ3) is 1.75. The molecule has 68 valence electrons. The largest absolute Gasteiger partial charge is 0.431 e. The predicted molar refractivity (Wildman–Crippen MR) is 21.6 cm³/mol. The fourth-order valence-electron chi connectivity index (χ4n) is 0.161. The lowest BCUT2D eigenvalue weighted by Gasteiger charge is -2.25. The van der Waals surface area contributed by atoms with E-state index in [0.717, 1.165) is 0 Å². The zero-order valence-electron chi connectivity index (χ0n) is 5.15. The molecule has 0 saturated heterocycles. The van der Waals surface area contributed by atoms with Crippen LogP contribution in [0.4, 0.5) is 30.7 Å². The normalized spacial score (nSPS) is 15.3. The molecule has 0 atom stereocenters. The van der Waals surface area contributed by atoms with Crippen LogP contribution >= 0.6 is 0 Å². The molecule has 0 aliphatic rings. The molecular weight excluding hydrogens is 181 g/mol. The first kappa shape index (κ1) is 10.5. The van der Waals surface area contributed by atoms with Crippen LogP contribution in [0.15, 0.2) is 0 Å². The minimum Gasteiger partial charge on any atom is -0.224 e. The van der Waals surface area contributed by atoms with Crippen molar-refractivity contribution in [3.8, 4) is 0 Å². The van der Waals surface area contributed by atoms with Gasteiger partial charge in [0.25, 0.3) is 5.67 Å². The Balaban J connectivity index is 4.75. The topological polar surface area (TPSA) is 0 Å². The Labute approximate surface area is 57.0 Å². The van der Waals surface area contributed by atoms with Crippen molar-refractivity contribution in [2.75, 3.05) is 0 Å². The van der Waals surface area contributed by atoms with Gasteiger partial charge in [0.1, 0.15) is 0 Å². The van der Waals surface area contributed by atoms with Gasteiger partial charge >= 0.3 is 12.4 Å². The zero-order valence-corrected chi connectivity index (χ0v) is 5.15. The highest BCUT2D eigenvalue weighted by atomic mass is 19.4. The van der Waals surface area contributed by atoms with Gasteiger partial charge in [-0.05, 0) is 6.92 Å². The van der Waals surface area contributed by atoms with Gasteiger partial charge in [0.2, 0.25) is 0 Å². The summed E-state index contributed by atoms with van der Waals surface area (Å²) in [6.45, 7) is -0.562. The fraction of sp³-hybridized carbons (Fsp3) is 1.00. The van der Waals surface area contributed by atoms with Gasteiger partial charge in [-0.15, -0.1) is 0 Å².